The first kappa shape index (κ1) is 14.4. The number of non-ortho nitro benzene ring substituents is 1. The van der Waals surface area contributed by atoms with Gasteiger partial charge in [-0.1, -0.05) is 12.1 Å². The Hall–Kier alpha value is -1.97. The largest absolute Gasteiger partial charge is 0.297 e. The van der Waals surface area contributed by atoms with Crippen molar-refractivity contribution in [1.29, 1.82) is 5.26 Å². The predicted molar refractivity (Wildman–Crippen MR) is 75.0 cm³/mol. The smallest absolute Gasteiger partial charge is 0.269 e. The number of hydrogen-bond donors (Lipinski definition) is 0. The van der Waals surface area contributed by atoms with Crippen LogP contribution in [0.5, 0.6) is 0 Å². The van der Waals surface area contributed by atoms with Gasteiger partial charge in [0.2, 0.25) is 0 Å². The number of nitro benzene ring substituents is 1. The molecule has 1 aromatic carbocycles. The molecule has 0 N–H and O–H groups in total. The second kappa shape index (κ2) is 6.46. The number of nitriles is 1. The minimum absolute atomic E-state index is 0.0310. The lowest BCUT2D eigenvalue weighted by Crippen LogP contribution is -2.48. The van der Waals surface area contributed by atoms with Crippen molar-refractivity contribution in [3.05, 3.63) is 39.9 Å². The molecule has 0 saturated carbocycles. The Labute approximate surface area is 118 Å². The van der Waals surface area contributed by atoms with Crippen molar-refractivity contribution in [3.63, 3.8) is 0 Å². The lowest BCUT2D eigenvalue weighted by Gasteiger charge is -2.35. The highest BCUT2D eigenvalue weighted by Crippen LogP contribution is 2.15. The highest BCUT2D eigenvalue weighted by molar-refractivity contribution is 5.32. The molecule has 6 heteroatoms. The van der Waals surface area contributed by atoms with Crippen LogP contribution in [0.1, 0.15) is 12.5 Å². The first-order valence-corrected chi connectivity index (χ1v) is 6.69. The molecule has 1 unspecified atom stereocenters. The summed E-state index contributed by atoms with van der Waals surface area (Å²) in [5, 5.41) is 19.5. The normalized spacial score (nSPS) is 18.4. The molecule has 0 amide bonds. The molecule has 1 aliphatic rings. The van der Waals surface area contributed by atoms with Gasteiger partial charge >= 0.3 is 0 Å². The first-order chi connectivity index (χ1) is 9.60. The fourth-order valence-corrected chi connectivity index (χ4v) is 2.37. The molecule has 0 radical (unpaired) electrons. The maximum absolute atomic E-state index is 10.6. The monoisotopic (exact) mass is 274 g/mol. The number of nitrogens with zero attached hydrogens (tertiary/aromatic N) is 4. The average molecular weight is 274 g/mol. The number of hydrogen-bond acceptors (Lipinski definition) is 5. The summed E-state index contributed by atoms with van der Waals surface area (Å²) in [5.41, 5.74) is 1.21. The van der Waals surface area contributed by atoms with Gasteiger partial charge in [-0.25, -0.2) is 0 Å². The van der Waals surface area contributed by atoms with Crippen LogP contribution < -0.4 is 0 Å². The van der Waals surface area contributed by atoms with Crippen LogP contribution in [0.4, 0.5) is 5.69 Å². The van der Waals surface area contributed by atoms with Gasteiger partial charge in [0, 0.05) is 44.9 Å². The van der Waals surface area contributed by atoms with Crippen LogP contribution in [0.25, 0.3) is 0 Å². The predicted octanol–water partition coefficient (Wildman–Crippen LogP) is 1.62. The Morgan fingerprint density at radius 1 is 1.30 bits per heavy atom. The third-order valence-corrected chi connectivity index (χ3v) is 3.69. The van der Waals surface area contributed by atoms with Gasteiger partial charge in [0.05, 0.1) is 17.0 Å². The summed E-state index contributed by atoms with van der Waals surface area (Å²) < 4.78 is 0. The van der Waals surface area contributed by atoms with Crippen molar-refractivity contribution < 1.29 is 4.92 Å². The second-order valence-electron chi connectivity index (χ2n) is 5.04. The highest BCUT2D eigenvalue weighted by atomic mass is 16.6. The van der Waals surface area contributed by atoms with Gasteiger partial charge in [-0.2, -0.15) is 5.26 Å². The van der Waals surface area contributed by atoms with Gasteiger partial charge in [-0.05, 0) is 12.5 Å². The maximum Gasteiger partial charge on any atom is 0.269 e. The lowest BCUT2D eigenvalue weighted by molar-refractivity contribution is -0.384. The minimum Gasteiger partial charge on any atom is -0.297 e. The lowest BCUT2D eigenvalue weighted by atomic mass is 10.1. The van der Waals surface area contributed by atoms with Gasteiger partial charge in [0.1, 0.15) is 0 Å². The Bertz CT molecular complexity index is 501. The Balaban J connectivity index is 1.86. The van der Waals surface area contributed by atoms with E-state index in [1.54, 1.807) is 12.1 Å². The van der Waals surface area contributed by atoms with E-state index in [-0.39, 0.29) is 16.7 Å². The first-order valence-electron chi connectivity index (χ1n) is 6.69. The van der Waals surface area contributed by atoms with Crippen LogP contribution >= 0.6 is 0 Å². The van der Waals surface area contributed by atoms with Gasteiger partial charge in [-0.3, -0.25) is 19.9 Å². The van der Waals surface area contributed by atoms with Gasteiger partial charge < -0.3 is 0 Å². The van der Waals surface area contributed by atoms with E-state index in [1.165, 1.54) is 0 Å². The molecular weight excluding hydrogens is 256 g/mol. The fraction of sp³-hybridized carbons (Fsp3) is 0.500. The zero-order valence-electron chi connectivity index (χ0n) is 11.5. The summed E-state index contributed by atoms with van der Waals surface area (Å²) in [6.45, 7) is 6.34. The molecule has 1 aliphatic heterocycles. The summed E-state index contributed by atoms with van der Waals surface area (Å²) >= 11 is 0. The van der Waals surface area contributed by atoms with Crippen LogP contribution in [0.3, 0.4) is 0 Å². The van der Waals surface area contributed by atoms with Crippen LogP contribution in [-0.4, -0.2) is 46.9 Å². The molecule has 0 aliphatic carbocycles. The molecule has 106 valence electrons. The van der Waals surface area contributed by atoms with Crippen LogP contribution in [-0.2, 0) is 6.54 Å². The van der Waals surface area contributed by atoms with Crippen molar-refractivity contribution in [1.82, 2.24) is 9.80 Å². The topological polar surface area (TPSA) is 73.4 Å². The number of benzene rings is 1. The van der Waals surface area contributed by atoms with E-state index in [0.29, 0.717) is 0 Å². The fourth-order valence-electron chi connectivity index (χ4n) is 2.37. The third kappa shape index (κ3) is 3.53. The van der Waals surface area contributed by atoms with Crippen molar-refractivity contribution in [2.75, 3.05) is 26.2 Å². The third-order valence-electron chi connectivity index (χ3n) is 3.69. The molecule has 1 fully saturated rings. The Morgan fingerprint density at radius 2 is 1.90 bits per heavy atom. The van der Waals surface area contributed by atoms with Gasteiger partial charge in [0.25, 0.3) is 5.69 Å². The van der Waals surface area contributed by atoms with E-state index >= 15 is 0 Å². The van der Waals surface area contributed by atoms with E-state index in [9.17, 15) is 10.1 Å². The molecule has 0 spiro atoms. The summed E-state index contributed by atoms with van der Waals surface area (Å²) in [6, 6.07) is 8.93. The van der Waals surface area contributed by atoms with E-state index in [1.807, 2.05) is 19.1 Å². The number of nitro groups is 1. The molecule has 0 bridgehead atoms. The van der Waals surface area contributed by atoms with Crippen molar-refractivity contribution in [2.24, 2.45) is 0 Å². The minimum atomic E-state index is -0.383. The highest BCUT2D eigenvalue weighted by Gasteiger charge is 2.20. The average Bonchev–Trinajstić information content (AvgIpc) is 2.48. The maximum atomic E-state index is 10.6. The van der Waals surface area contributed by atoms with Crippen molar-refractivity contribution in [3.8, 4) is 6.07 Å². The van der Waals surface area contributed by atoms with E-state index in [0.717, 1.165) is 38.3 Å². The summed E-state index contributed by atoms with van der Waals surface area (Å²) in [4.78, 5) is 14.7. The quantitative estimate of drug-likeness (QED) is 0.616. The molecule has 20 heavy (non-hydrogen) atoms. The second-order valence-corrected chi connectivity index (χ2v) is 5.04. The molecule has 1 aromatic rings. The Morgan fingerprint density at radius 3 is 2.40 bits per heavy atom. The van der Waals surface area contributed by atoms with Crippen molar-refractivity contribution >= 4 is 5.69 Å². The summed E-state index contributed by atoms with van der Waals surface area (Å²) in [6.07, 6.45) is 0. The van der Waals surface area contributed by atoms with Gasteiger partial charge in [0.15, 0.2) is 0 Å². The van der Waals surface area contributed by atoms with Crippen LogP contribution in [0, 0.1) is 21.4 Å². The van der Waals surface area contributed by atoms with E-state index in [4.69, 9.17) is 5.26 Å². The molecule has 2 rings (SSSR count). The molecular formula is C14H18N4O2. The van der Waals surface area contributed by atoms with Crippen LogP contribution in [0.2, 0.25) is 0 Å². The van der Waals surface area contributed by atoms with Gasteiger partial charge in [-0.15, -0.1) is 0 Å². The van der Waals surface area contributed by atoms with Crippen molar-refractivity contribution in [2.45, 2.75) is 19.5 Å². The Kier molecular flexibility index (Phi) is 4.66. The standard InChI is InChI=1S/C14H18N4O2/c1-12(10-15)17-8-6-16(7-9-17)11-13-2-4-14(5-3-13)18(19)20/h2-5,12H,6-9,11H2,1H3. The molecule has 1 atom stereocenters. The SMILES string of the molecule is CC(C#N)N1CCN(Cc2ccc([N+](=O)[O-])cc2)CC1. The molecule has 1 saturated heterocycles. The molecule has 6 nitrogen and oxygen atoms in total. The summed E-state index contributed by atoms with van der Waals surface area (Å²) in [5.74, 6) is 0. The number of piperazine rings is 1. The van der Waals surface area contributed by atoms with Crippen LogP contribution in [0.15, 0.2) is 24.3 Å². The summed E-state index contributed by atoms with van der Waals surface area (Å²) in [7, 11) is 0. The number of rotatable bonds is 4. The molecule has 1 heterocycles. The zero-order chi connectivity index (χ0) is 14.5. The van der Waals surface area contributed by atoms with E-state index < -0.39 is 0 Å². The zero-order valence-corrected chi connectivity index (χ0v) is 11.5. The molecule has 0 aromatic heterocycles. The van der Waals surface area contributed by atoms with E-state index in [2.05, 4.69) is 15.9 Å².